The highest BCUT2D eigenvalue weighted by Gasteiger charge is 2.07. The van der Waals surface area contributed by atoms with Crippen molar-refractivity contribution >= 4 is 0 Å². The summed E-state index contributed by atoms with van der Waals surface area (Å²) in [5, 5.41) is 8.91. The second-order valence-corrected chi connectivity index (χ2v) is 3.95. The number of aliphatic hydroxyl groups is 1. The highest BCUT2D eigenvalue weighted by molar-refractivity contribution is 5.11. The Morgan fingerprint density at radius 2 is 1.57 bits per heavy atom. The van der Waals surface area contributed by atoms with Gasteiger partial charge in [-0.15, -0.1) is 0 Å². The van der Waals surface area contributed by atoms with E-state index in [2.05, 4.69) is 19.1 Å². The van der Waals surface area contributed by atoms with E-state index >= 15 is 0 Å². The van der Waals surface area contributed by atoms with Crippen LogP contribution in [0.3, 0.4) is 0 Å². The Kier molecular flexibility index (Phi) is 5.31. The Bertz CT molecular complexity index is 224. The summed E-state index contributed by atoms with van der Waals surface area (Å²) in [6, 6.07) is 10.3. The van der Waals surface area contributed by atoms with Crippen LogP contribution in [0.1, 0.15) is 37.7 Å². The van der Waals surface area contributed by atoms with Gasteiger partial charge in [0.25, 0.3) is 0 Å². The van der Waals surface area contributed by atoms with Gasteiger partial charge in [0.2, 0.25) is 0 Å². The van der Waals surface area contributed by atoms with Gasteiger partial charge < -0.3 is 5.11 Å². The third-order valence-electron chi connectivity index (χ3n) is 2.52. The first-order chi connectivity index (χ1) is 6.79. The van der Waals surface area contributed by atoms with Crippen molar-refractivity contribution in [3.05, 3.63) is 35.9 Å². The van der Waals surface area contributed by atoms with Crippen LogP contribution in [0, 0.1) is 6.92 Å². The lowest BCUT2D eigenvalue weighted by molar-refractivity contribution is 0.130. The van der Waals surface area contributed by atoms with Crippen LogP contribution in [0.4, 0.5) is 0 Å². The molecule has 0 unspecified atom stereocenters. The van der Waals surface area contributed by atoms with Crippen LogP contribution >= 0.6 is 0 Å². The van der Waals surface area contributed by atoms with E-state index in [0.717, 1.165) is 12.8 Å². The number of rotatable bonds is 0. The second kappa shape index (κ2) is 6.61. The van der Waals surface area contributed by atoms with Gasteiger partial charge in [0.1, 0.15) is 0 Å². The molecule has 1 aliphatic rings. The van der Waals surface area contributed by atoms with Gasteiger partial charge in [-0.05, 0) is 19.8 Å². The monoisotopic (exact) mass is 192 g/mol. The maximum absolute atomic E-state index is 8.91. The third-order valence-corrected chi connectivity index (χ3v) is 2.52. The fourth-order valence-electron chi connectivity index (χ4n) is 1.62. The number of aliphatic hydroxyl groups excluding tert-OH is 1. The standard InChI is InChI=1S/C7H8.C6H12O/c1-7-5-3-2-4-6-7;7-6-4-2-1-3-5-6/h2-6H,1H3;6-7H,1-5H2. The van der Waals surface area contributed by atoms with Gasteiger partial charge in [-0.2, -0.15) is 0 Å². The normalized spacial score (nSPS) is 17.0. The minimum absolute atomic E-state index is 0.0359. The molecule has 1 aromatic carbocycles. The molecule has 2 rings (SSSR count). The summed E-state index contributed by atoms with van der Waals surface area (Å²) in [4.78, 5) is 0. The summed E-state index contributed by atoms with van der Waals surface area (Å²) in [5.74, 6) is 0. The van der Waals surface area contributed by atoms with Crippen molar-refractivity contribution in [2.24, 2.45) is 0 Å². The summed E-state index contributed by atoms with van der Waals surface area (Å²) in [6.45, 7) is 2.08. The molecule has 1 saturated carbocycles. The van der Waals surface area contributed by atoms with Crippen molar-refractivity contribution in [1.29, 1.82) is 0 Å². The van der Waals surface area contributed by atoms with Crippen molar-refractivity contribution < 1.29 is 5.11 Å². The zero-order valence-electron chi connectivity index (χ0n) is 8.95. The van der Waals surface area contributed by atoms with Crippen LogP contribution in [0.5, 0.6) is 0 Å². The van der Waals surface area contributed by atoms with Crippen molar-refractivity contribution in [3.8, 4) is 0 Å². The molecule has 78 valence electrons. The molecule has 1 nitrogen and oxygen atoms in total. The predicted molar refractivity (Wildman–Crippen MR) is 60.3 cm³/mol. The van der Waals surface area contributed by atoms with E-state index in [0.29, 0.717) is 0 Å². The summed E-state index contributed by atoms with van der Waals surface area (Å²) in [5.41, 5.74) is 1.32. The fourth-order valence-corrected chi connectivity index (χ4v) is 1.62. The minimum atomic E-state index is 0.0359. The van der Waals surface area contributed by atoms with E-state index in [4.69, 9.17) is 5.11 Å². The molecule has 1 N–H and O–H groups in total. The van der Waals surface area contributed by atoms with Gasteiger partial charge >= 0.3 is 0 Å². The first-order valence-electron chi connectivity index (χ1n) is 5.49. The Morgan fingerprint density at radius 1 is 1.00 bits per heavy atom. The molecule has 0 aromatic heterocycles. The molecule has 1 aliphatic carbocycles. The molecule has 0 saturated heterocycles. The average molecular weight is 192 g/mol. The molecular weight excluding hydrogens is 172 g/mol. The zero-order chi connectivity index (χ0) is 10.2. The molecular formula is C13H20O. The zero-order valence-corrected chi connectivity index (χ0v) is 8.95. The summed E-state index contributed by atoms with van der Waals surface area (Å²) >= 11 is 0. The molecule has 1 aromatic rings. The van der Waals surface area contributed by atoms with Gasteiger partial charge in [0, 0.05) is 0 Å². The maximum atomic E-state index is 8.91. The van der Waals surface area contributed by atoms with Gasteiger partial charge in [0.15, 0.2) is 0 Å². The Balaban J connectivity index is 0.000000140. The third kappa shape index (κ3) is 5.03. The maximum Gasteiger partial charge on any atom is 0.0540 e. The van der Waals surface area contributed by atoms with Gasteiger partial charge in [-0.1, -0.05) is 55.2 Å². The summed E-state index contributed by atoms with van der Waals surface area (Å²) in [7, 11) is 0. The van der Waals surface area contributed by atoms with E-state index in [1.807, 2.05) is 18.2 Å². The van der Waals surface area contributed by atoms with Gasteiger partial charge in [0.05, 0.1) is 6.10 Å². The van der Waals surface area contributed by atoms with Gasteiger partial charge in [-0.25, -0.2) is 0 Å². The topological polar surface area (TPSA) is 20.2 Å². The van der Waals surface area contributed by atoms with E-state index in [-0.39, 0.29) is 6.10 Å². The Hall–Kier alpha value is -0.820. The molecule has 0 atom stereocenters. The van der Waals surface area contributed by atoms with E-state index in [1.54, 1.807) is 0 Å². The van der Waals surface area contributed by atoms with E-state index < -0.39 is 0 Å². The second-order valence-electron chi connectivity index (χ2n) is 3.95. The molecule has 1 fully saturated rings. The van der Waals surface area contributed by atoms with Crippen molar-refractivity contribution in [2.45, 2.75) is 45.1 Å². The molecule has 0 bridgehead atoms. The number of aryl methyl sites for hydroxylation is 1. The first-order valence-corrected chi connectivity index (χ1v) is 5.49. The minimum Gasteiger partial charge on any atom is -0.393 e. The summed E-state index contributed by atoms with van der Waals surface area (Å²) in [6.07, 6.45) is 5.92. The lowest BCUT2D eigenvalue weighted by Gasteiger charge is -2.14. The highest BCUT2D eigenvalue weighted by atomic mass is 16.3. The Labute approximate surface area is 86.8 Å². The lowest BCUT2D eigenvalue weighted by atomic mass is 9.98. The molecule has 0 amide bonds. The van der Waals surface area contributed by atoms with Crippen LogP contribution in [0.2, 0.25) is 0 Å². The van der Waals surface area contributed by atoms with Crippen molar-refractivity contribution in [3.63, 3.8) is 0 Å². The smallest absolute Gasteiger partial charge is 0.0540 e. The molecule has 1 heteroatoms. The summed E-state index contributed by atoms with van der Waals surface area (Å²) < 4.78 is 0. The van der Waals surface area contributed by atoms with Crippen LogP contribution in [0.25, 0.3) is 0 Å². The highest BCUT2D eigenvalue weighted by Crippen LogP contribution is 2.16. The van der Waals surface area contributed by atoms with E-state index in [1.165, 1.54) is 24.8 Å². The number of benzene rings is 1. The lowest BCUT2D eigenvalue weighted by Crippen LogP contribution is -2.09. The molecule has 0 radical (unpaired) electrons. The number of hydrogen-bond donors (Lipinski definition) is 1. The largest absolute Gasteiger partial charge is 0.393 e. The van der Waals surface area contributed by atoms with Crippen LogP contribution in [-0.4, -0.2) is 11.2 Å². The quantitative estimate of drug-likeness (QED) is 0.668. The molecule has 14 heavy (non-hydrogen) atoms. The number of hydrogen-bond acceptors (Lipinski definition) is 1. The average Bonchev–Trinajstić information content (AvgIpc) is 2.21. The molecule has 0 spiro atoms. The fraction of sp³-hybridized carbons (Fsp3) is 0.538. The van der Waals surface area contributed by atoms with Crippen LogP contribution in [0.15, 0.2) is 30.3 Å². The predicted octanol–water partition coefficient (Wildman–Crippen LogP) is 3.31. The molecule has 0 aliphatic heterocycles. The van der Waals surface area contributed by atoms with Crippen molar-refractivity contribution in [1.82, 2.24) is 0 Å². The molecule has 0 heterocycles. The van der Waals surface area contributed by atoms with E-state index in [9.17, 15) is 0 Å². The SMILES string of the molecule is Cc1ccccc1.OC1CCCCC1. The van der Waals surface area contributed by atoms with Gasteiger partial charge in [-0.3, -0.25) is 0 Å². The van der Waals surface area contributed by atoms with Crippen LogP contribution < -0.4 is 0 Å². The van der Waals surface area contributed by atoms with Crippen molar-refractivity contribution in [2.75, 3.05) is 0 Å². The van der Waals surface area contributed by atoms with Crippen LogP contribution in [-0.2, 0) is 0 Å². The Morgan fingerprint density at radius 3 is 1.86 bits per heavy atom. The first kappa shape index (κ1) is 11.3.